The second-order valence-electron chi connectivity index (χ2n) is 5.50. The molecule has 0 bridgehead atoms. The van der Waals surface area contributed by atoms with Crippen LogP contribution in [0.3, 0.4) is 0 Å². The number of likely N-dealkylation sites (tertiary alicyclic amines) is 2. The van der Waals surface area contributed by atoms with Crippen LogP contribution in [0.25, 0.3) is 0 Å². The molecule has 2 fully saturated rings. The molecule has 2 rings (SSSR count). The Balaban J connectivity index is 1.79. The molecule has 0 saturated carbocycles. The van der Waals surface area contributed by atoms with Gasteiger partial charge in [0, 0.05) is 19.1 Å². The molecule has 0 spiro atoms. The van der Waals surface area contributed by atoms with E-state index in [4.69, 9.17) is 11.1 Å². The highest BCUT2D eigenvalue weighted by Crippen LogP contribution is 2.21. The zero-order chi connectivity index (χ0) is 12.3. The minimum Gasteiger partial charge on any atom is -0.386 e. The van der Waals surface area contributed by atoms with Crippen molar-refractivity contribution in [3.8, 4) is 0 Å². The average molecular weight is 238 g/mol. The fraction of sp³-hybridized carbons (Fsp3) is 0.923. The summed E-state index contributed by atoms with van der Waals surface area (Å²) in [7, 11) is 0. The van der Waals surface area contributed by atoms with Gasteiger partial charge in [-0.1, -0.05) is 6.42 Å². The second kappa shape index (κ2) is 5.83. The highest BCUT2D eigenvalue weighted by Gasteiger charge is 2.27. The van der Waals surface area contributed by atoms with Crippen molar-refractivity contribution in [2.45, 2.75) is 51.1 Å². The van der Waals surface area contributed by atoms with E-state index in [0.717, 1.165) is 19.1 Å². The van der Waals surface area contributed by atoms with Gasteiger partial charge in [-0.2, -0.15) is 0 Å². The molecule has 2 aliphatic heterocycles. The largest absolute Gasteiger partial charge is 0.386 e. The molecule has 1 atom stereocenters. The molecule has 17 heavy (non-hydrogen) atoms. The van der Waals surface area contributed by atoms with Gasteiger partial charge in [0.15, 0.2) is 0 Å². The molecule has 0 aromatic heterocycles. The molecule has 0 amide bonds. The minimum atomic E-state index is 0.123. The summed E-state index contributed by atoms with van der Waals surface area (Å²) in [6, 6.07) is 0.906. The van der Waals surface area contributed by atoms with Gasteiger partial charge in [-0.25, -0.2) is 0 Å². The fourth-order valence-corrected chi connectivity index (χ4v) is 3.12. The normalized spacial score (nSPS) is 26.9. The third-order valence-electron chi connectivity index (χ3n) is 4.40. The minimum absolute atomic E-state index is 0.123. The van der Waals surface area contributed by atoms with Gasteiger partial charge in [-0.15, -0.1) is 0 Å². The van der Waals surface area contributed by atoms with Crippen LogP contribution in [0.4, 0.5) is 0 Å². The van der Waals surface area contributed by atoms with Crippen LogP contribution in [0.2, 0.25) is 0 Å². The lowest BCUT2D eigenvalue weighted by atomic mass is 9.99. The van der Waals surface area contributed by atoms with Crippen LogP contribution in [0.5, 0.6) is 0 Å². The molecule has 2 aliphatic rings. The van der Waals surface area contributed by atoms with E-state index in [0.29, 0.717) is 5.84 Å². The molecule has 4 heteroatoms. The third kappa shape index (κ3) is 3.19. The lowest BCUT2D eigenvalue weighted by Gasteiger charge is -2.41. The second-order valence-corrected chi connectivity index (χ2v) is 5.50. The standard InChI is InChI=1S/C13H26N4/c1-11(13(14)15)16-9-5-12(6-10-16)17-7-3-2-4-8-17/h11-12H,2-10H2,1H3,(H3,14,15). The third-order valence-corrected chi connectivity index (χ3v) is 4.40. The first-order valence-electron chi connectivity index (χ1n) is 7.00. The molecule has 1 unspecified atom stereocenters. The van der Waals surface area contributed by atoms with Crippen LogP contribution >= 0.6 is 0 Å². The first kappa shape index (κ1) is 12.8. The van der Waals surface area contributed by atoms with Crippen LogP contribution in [-0.4, -0.2) is 53.9 Å². The number of nitrogens with one attached hydrogen (secondary N) is 1. The Hall–Kier alpha value is -0.610. The van der Waals surface area contributed by atoms with Crippen molar-refractivity contribution in [2.75, 3.05) is 26.2 Å². The number of rotatable bonds is 3. The molecule has 0 aliphatic carbocycles. The fourth-order valence-electron chi connectivity index (χ4n) is 3.12. The van der Waals surface area contributed by atoms with Gasteiger partial charge in [0.25, 0.3) is 0 Å². The zero-order valence-corrected chi connectivity index (χ0v) is 11.0. The highest BCUT2D eigenvalue weighted by atomic mass is 15.2. The van der Waals surface area contributed by atoms with E-state index in [1.807, 2.05) is 6.92 Å². The SMILES string of the molecule is CC(C(=N)N)N1CCC(N2CCCCC2)CC1. The summed E-state index contributed by atoms with van der Waals surface area (Å²) in [6.45, 7) is 6.84. The Morgan fingerprint density at radius 1 is 1.12 bits per heavy atom. The Morgan fingerprint density at radius 3 is 2.24 bits per heavy atom. The summed E-state index contributed by atoms with van der Waals surface area (Å²) >= 11 is 0. The van der Waals surface area contributed by atoms with Crippen molar-refractivity contribution in [3.63, 3.8) is 0 Å². The maximum Gasteiger partial charge on any atom is 0.108 e. The van der Waals surface area contributed by atoms with Crippen LogP contribution in [0.1, 0.15) is 39.0 Å². The van der Waals surface area contributed by atoms with E-state index in [1.54, 1.807) is 0 Å². The predicted molar refractivity (Wildman–Crippen MR) is 71.4 cm³/mol. The van der Waals surface area contributed by atoms with Gasteiger partial charge in [0.05, 0.1) is 6.04 Å². The number of nitrogens with zero attached hydrogens (tertiary/aromatic N) is 2. The Labute approximate surface area is 105 Å². The molecule has 2 saturated heterocycles. The lowest BCUT2D eigenvalue weighted by Crippen LogP contribution is -2.51. The van der Waals surface area contributed by atoms with E-state index in [-0.39, 0.29) is 6.04 Å². The van der Waals surface area contributed by atoms with Crippen LogP contribution in [0.15, 0.2) is 0 Å². The summed E-state index contributed by atoms with van der Waals surface area (Å²) < 4.78 is 0. The van der Waals surface area contributed by atoms with E-state index in [1.165, 1.54) is 45.2 Å². The molecule has 4 nitrogen and oxygen atoms in total. The van der Waals surface area contributed by atoms with E-state index in [9.17, 15) is 0 Å². The molecular weight excluding hydrogens is 212 g/mol. The molecule has 98 valence electrons. The van der Waals surface area contributed by atoms with Gasteiger partial charge >= 0.3 is 0 Å². The number of hydrogen-bond donors (Lipinski definition) is 2. The molecule has 0 aromatic carbocycles. The van der Waals surface area contributed by atoms with Crippen molar-refractivity contribution in [2.24, 2.45) is 5.73 Å². The summed E-state index contributed by atoms with van der Waals surface area (Å²) in [6.07, 6.45) is 6.67. The van der Waals surface area contributed by atoms with Gasteiger partial charge in [0.1, 0.15) is 5.84 Å². The van der Waals surface area contributed by atoms with Crippen LogP contribution in [0, 0.1) is 5.41 Å². The molecule has 0 aromatic rings. The zero-order valence-electron chi connectivity index (χ0n) is 11.0. The maximum absolute atomic E-state index is 7.51. The van der Waals surface area contributed by atoms with Gasteiger partial charge in [0.2, 0.25) is 0 Å². The van der Waals surface area contributed by atoms with Crippen molar-refractivity contribution in [1.29, 1.82) is 5.41 Å². The predicted octanol–water partition coefficient (Wildman–Crippen LogP) is 1.26. The Morgan fingerprint density at radius 2 is 1.71 bits per heavy atom. The van der Waals surface area contributed by atoms with Crippen LogP contribution < -0.4 is 5.73 Å². The van der Waals surface area contributed by atoms with E-state index >= 15 is 0 Å². The van der Waals surface area contributed by atoms with Crippen molar-refractivity contribution >= 4 is 5.84 Å². The number of hydrogen-bond acceptors (Lipinski definition) is 3. The molecule has 3 N–H and O–H groups in total. The van der Waals surface area contributed by atoms with Crippen molar-refractivity contribution < 1.29 is 0 Å². The Bertz CT molecular complexity index is 252. The van der Waals surface area contributed by atoms with Gasteiger partial charge in [-0.3, -0.25) is 10.3 Å². The highest BCUT2D eigenvalue weighted by molar-refractivity contribution is 5.82. The topological polar surface area (TPSA) is 56.4 Å². The quantitative estimate of drug-likeness (QED) is 0.575. The maximum atomic E-state index is 7.51. The Kier molecular flexibility index (Phi) is 4.40. The van der Waals surface area contributed by atoms with Gasteiger partial charge < -0.3 is 10.6 Å². The summed E-state index contributed by atoms with van der Waals surface area (Å²) in [4.78, 5) is 5.03. The smallest absolute Gasteiger partial charge is 0.108 e. The summed E-state index contributed by atoms with van der Waals surface area (Å²) in [5.41, 5.74) is 5.58. The number of nitrogens with two attached hydrogens (primary N) is 1. The molecule has 2 heterocycles. The van der Waals surface area contributed by atoms with E-state index < -0.39 is 0 Å². The molecule has 0 radical (unpaired) electrons. The van der Waals surface area contributed by atoms with Crippen molar-refractivity contribution in [3.05, 3.63) is 0 Å². The average Bonchev–Trinajstić information content (AvgIpc) is 2.39. The first-order valence-corrected chi connectivity index (χ1v) is 7.00. The summed E-state index contributed by atoms with van der Waals surface area (Å²) in [5, 5.41) is 7.51. The van der Waals surface area contributed by atoms with E-state index in [2.05, 4.69) is 9.80 Å². The van der Waals surface area contributed by atoms with Crippen molar-refractivity contribution in [1.82, 2.24) is 9.80 Å². The lowest BCUT2D eigenvalue weighted by molar-refractivity contribution is 0.0870. The number of amidine groups is 1. The van der Waals surface area contributed by atoms with Gasteiger partial charge in [-0.05, 0) is 45.7 Å². The first-order chi connectivity index (χ1) is 8.18. The molecular formula is C13H26N4. The monoisotopic (exact) mass is 238 g/mol. The number of piperidine rings is 2. The summed E-state index contributed by atoms with van der Waals surface area (Å²) in [5.74, 6) is 0.307. The van der Waals surface area contributed by atoms with Crippen LogP contribution in [-0.2, 0) is 0 Å².